The van der Waals surface area contributed by atoms with Crippen LogP contribution in [-0.2, 0) is 0 Å². The SMILES string of the molecule is Cc1cc2c(cc1C(CCl)N(C)C)OCCO2. The van der Waals surface area contributed by atoms with Gasteiger partial charge in [0, 0.05) is 11.9 Å². The molecule has 1 heterocycles. The molecule has 0 amide bonds. The van der Waals surface area contributed by atoms with Gasteiger partial charge in [0.05, 0.1) is 0 Å². The highest BCUT2D eigenvalue weighted by molar-refractivity contribution is 6.18. The Labute approximate surface area is 107 Å². The lowest BCUT2D eigenvalue weighted by Crippen LogP contribution is -2.23. The largest absolute Gasteiger partial charge is 0.486 e. The van der Waals surface area contributed by atoms with E-state index in [1.165, 1.54) is 11.1 Å². The number of hydrogen-bond donors (Lipinski definition) is 0. The zero-order valence-corrected chi connectivity index (χ0v) is 11.3. The molecule has 0 bridgehead atoms. The highest BCUT2D eigenvalue weighted by atomic mass is 35.5. The van der Waals surface area contributed by atoms with Crippen molar-refractivity contribution in [2.45, 2.75) is 13.0 Å². The molecule has 0 fully saturated rings. The van der Waals surface area contributed by atoms with Gasteiger partial charge in [0.1, 0.15) is 13.2 Å². The fraction of sp³-hybridized carbons (Fsp3) is 0.538. The van der Waals surface area contributed by atoms with Crippen molar-refractivity contribution >= 4 is 11.6 Å². The van der Waals surface area contributed by atoms with E-state index in [9.17, 15) is 0 Å². The van der Waals surface area contributed by atoms with Crippen LogP contribution in [0, 0.1) is 6.92 Å². The van der Waals surface area contributed by atoms with Crippen molar-refractivity contribution in [2.24, 2.45) is 0 Å². The summed E-state index contributed by atoms with van der Waals surface area (Å²) < 4.78 is 11.2. The van der Waals surface area contributed by atoms with Crippen LogP contribution in [0.3, 0.4) is 0 Å². The first-order chi connectivity index (χ1) is 8.13. The Bertz CT molecular complexity index is 407. The lowest BCUT2D eigenvalue weighted by Gasteiger charge is -2.26. The van der Waals surface area contributed by atoms with Crippen molar-refractivity contribution < 1.29 is 9.47 Å². The van der Waals surface area contributed by atoms with E-state index in [0.717, 1.165) is 11.5 Å². The lowest BCUT2D eigenvalue weighted by atomic mass is 10.0. The number of aryl methyl sites for hydroxylation is 1. The van der Waals surface area contributed by atoms with Crippen molar-refractivity contribution in [3.8, 4) is 11.5 Å². The molecule has 0 saturated carbocycles. The smallest absolute Gasteiger partial charge is 0.161 e. The zero-order chi connectivity index (χ0) is 12.4. The minimum absolute atomic E-state index is 0.201. The topological polar surface area (TPSA) is 21.7 Å². The third-order valence-corrected chi connectivity index (χ3v) is 3.35. The van der Waals surface area contributed by atoms with Crippen molar-refractivity contribution in [2.75, 3.05) is 33.2 Å². The molecule has 0 N–H and O–H groups in total. The summed E-state index contributed by atoms with van der Waals surface area (Å²) in [6.07, 6.45) is 0. The van der Waals surface area contributed by atoms with Gasteiger partial charge in [-0.1, -0.05) is 0 Å². The molecule has 1 aliphatic heterocycles. The number of hydrogen-bond acceptors (Lipinski definition) is 3. The van der Waals surface area contributed by atoms with E-state index in [-0.39, 0.29) is 6.04 Å². The summed E-state index contributed by atoms with van der Waals surface area (Å²) in [5.41, 5.74) is 2.39. The number of ether oxygens (including phenoxy) is 2. The second kappa shape index (κ2) is 5.15. The standard InChI is InChI=1S/C13H18ClNO2/c1-9-6-12-13(17-5-4-16-12)7-10(9)11(8-14)15(2)3/h6-7,11H,4-5,8H2,1-3H3. The normalized spacial score (nSPS) is 16.1. The first-order valence-corrected chi connectivity index (χ1v) is 6.29. The van der Waals surface area contributed by atoms with Crippen molar-refractivity contribution in [3.63, 3.8) is 0 Å². The number of benzene rings is 1. The maximum Gasteiger partial charge on any atom is 0.161 e. The van der Waals surface area contributed by atoms with E-state index < -0.39 is 0 Å². The number of halogens is 1. The van der Waals surface area contributed by atoms with Crippen LogP contribution in [0.25, 0.3) is 0 Å². The predicted octanol–water partition coefficient (Wildman–Crippen LogP) is 2.61. The fourth-order valence-electron chi connectivity index (χ4n) is 2.06. The van der Waals surface area contributed by atoms with Gasteiger partial charge in [0.2, 0.25) is 0 Å². The van der Waals surface area contributed by atoms with E-state index in [0.29, 0.717) is 19.1 Å². The van der Waals surface area contributed by atoms with Crippen molar-refractivity contribution in [3.05, 3.63) is 23.3 Å². The van der Waals surface area contributed by atoms with Crippen LogP contribution in [-0.4, -0.2) is 38.1 Å². The van der Waals surface area contributed by atoms with E-state index >= 15 is 0 Å². The fourth-order valence-corrected chi connectivity index (χ4v) is 2.51. The summed E-state index contributed by atoms with van der Waals surface area (Å²) in [4.78, 5) is 2.12. The Hall–Kier alpha value is -0.930. The molecule has 1 atom stereocenters. The molecule has 1 unspecified atom stereocenters. The number of fused-ring (bicyclic) bond motifs is 1. The van der Waals surface area contributed by atoms with E-state index in [1.807, 2.05) is 20.2 Å². The Kier molecular flexibility index (Phi) is 3.79. The van der Waals surface area contributed by atoms with Crippen LogP contribution in [0.1, 0.15) is 17.2 Å². The molecule has 4 heteroatoms. The van der Waals surface area contributed by atoms with Gasteiger partial charge in [-0.3, -0.25) is 0 Å². The summed E-state index contributed by atoms with van der Waals surface area (Å²) in [5.74, 6) is 2.23. The molecule has 1 aromatic carbocycles. The van der Waals surface area contributed by atoms with Crippen LogP contribution in [0.5, 0.6) is 11.5 Å². The average molecular weight is 256 g/mol. The molecule has 94 valence electrons. The van der Waals surface area contributed by atoms with Gasteiger partial charge in [0.25, 0.3) is 0 Å². The monoisotopic (exact) mass is 255 g/mol. The minimum Gasteiger partial charge on any atom is -0.486 e. The average Bonchev–Trinajstić information content (AvgIpc) is 2.30. The number of nitrogens with zero attached hydrogens (tertiary/aromatic N) is 1. The van der Waals surface area contributed by atoms with Gasteiger partial charge in [-0.05, 0) is 44.3 Å². The summed E-state index contributed by atoms with van der Waals surface area (Å²) in [6, 6.07) is 4.29. The highest BCUT2D eigenvalue weighted by Crippen LogP contribution is 2.36. The summed E-state index contributed by atoms with van der Waals surface area (Å²) in [6.45, 7) is 3.32. The van der Waals surface area contributed by atoms with Crippen molar-refractivity contribution in [1.29, 1.82) is 0 Å². The van der Waals surface area contributed by atoms with E-state index in [2.05, 4.69) is 17.9 Å². The van der Waals surface area contributed by atoms with Gasteiger partial charge in [-0.2, -0.15) is 0 Å². The van der Waals surface area contributed by atoms with Gasteiger partial charge >= 0.3 is 0 Å². The molecule has 0 radical (unpaired) electrons. The van der Waals surface area contributed by atoms with Crippen LogP contribution < -0.4 is 9.47 Å². The molecule has 0 aromatic heterocycles. The third-order valence-electron chi connectivity index (χ3n) is 3.06. The molecular weight excluding hydrogens is 238 g/mol. The molecule has 3 nitrogen and oxygen atoms in total. The molecular formula is C13H18ClNO2. The van der Waals surface area contributed by atoms with Crippen LogP contribution in [0.15, 0.2) is 12.1 Å². The van der Waals surface area contributed by atoms with Gasteiger partial charge < -0.3 is 14.4 Å². The molecule has 0 spiro atoms. The number of alkyl halides is 1. The molecule has 0 aliphatic carbocycles. The second-order valence-electron chi connectivity index (χ2n) is 4.49. The van der Waals surface area contributed by atoms with Crippen LogP contribution in [0.4, 0.5) is 0 Å². The first kappa shape index (κ1) is 12.5. The molecule has 17 heavy (non-hydrogen) atoms. The van der Waals surface area contributed by atoms with Gasteiger partial charge in [0.15, 0.2) is 11.5 Å². The highest BCUT2D eigenvalue weighted by Gasteiger charge is 2.20. The molecule has 1 aromatic rings. The van der Waals surface area contributed by atoms with E-state index in [4.69, 9.17) is 21.1 Å². The molecule has 1 aliphatic rings. The maximum absolute atomic E-state index is 6.04. The Morgan fingerprint density at radius 3 is 2.35 bits per heavy atom. The first-order valence-electron chi connectivity index (χ1n) is 5.76. The van der Waals surface area contributed by atoms with Crippen molar-refractivity contribution in [1.82, 2.24) is 4.90 Å². The Morgan fingerprint density at radius 2 is 1.82 bits per heavy atom. The lowest BCUT2D eigenvalue weighted by molar-refractivity contribution is 0.171. The quantitative estimate of drug-likeness (QED) is 0.775. The zero-order valence-electron chi connectivity index (χ0n) is 10.5. The second-order valence-corrected chi connectivity index (χ2v) is 4.79. The predicted molar refractivity (Wildman–Crippen MR) is 69.3 cm³/mol. The molecule has 0 saturated heterocycles. The number of rotatable bonds is 3. The Morgan fingerprint density at radius 1 is 1.24 bits per heavy atom. The summed E-state index contributed by atoms with van der Waals surface area (Å²) in [7, 11) is 4.06. The van der Waals surface area contributed by atoms with E-state index in [1.54, 1.807) is 0 Å². The van der Waals surface area contributed by atoms with Gasteiger partial charge in [-0.25, -0.2) is 0 Å². The van der Waals surface area contributed by atoms with Gasteiger partial charge in [-0.15, -0.1) is 11.6 Å². The summed E-state index contributed by atoms with van der Waals surface area (Å²) >= 11 is 6.04. The molecule has 2 rings (SSSR count). The maximum atomic E-state index is 6.04. The Balaban J connectivity index is 2.40. The summed E-state index contributed by atoms with van der Waals surface area (Å²) in [5, 5.41) is 0. The minimum atomic E-state index is 0.201. The van der Waals surface area contributed by atoms with Crippen LogP contribution in [0.2, 0.25) is 0 Å². The third kappa shape index (κ3) is 2.50. The van der Waals surface area contributed by atoms with Crippen LogP contribution >= 0.6 is 11.6 Å².